The van der Waals surface area contributed by atoms with E-state index in [1.165, 1.54) is 17.5 Å². The van der Waals surface area contributed by atoms with E-state index in [-0.39, 0.29) is 6.10 Å². The third-order valence-electron chi connectivity index (χ3n) is 6.23. The third kappa shape index (κ3) is 4.11. The van der Waals surface area contributed by atoms with Gasteiger partial charge in [0, 0.05) is 19.0 Å². The van der Waals surface area contributed by atoms with Crippen molar-refractivity contribution >= 4 is 10.0 Å². The van der Waals surface area contributed by atoms with Gasteiger partial charge in [-0.25, -0.2) is 8.42 Å². The van der Waals surface area contributed by atoms with Gasteiger partial charge in [0.05, 0.1) is 11.0 Å². The van der Waals surface area contributed by atoms with Crippen LogP contribution < -0.4 is 0 Å². The van der Waals surface area contributed by atoms with Crippen LogP contribution in [0.5, 0.6) is 0 Å². The number of nitrogens with zero attached hydrogens (tertiary/aromatic N) is 3. The Morgan fingerprint density at radius 3 is 2.59 bits per heavy atom. The van der Waals surface area contributed by atoms with E-state index in [0.717, 1.165) is 37.9 Å². The maximum Gasteiger partial charge on any atom is 0.252 e. The molecule has 0 N–H and O–H groups in total. The molecule has 0 bridgehead atoms. The van der Waals surface area contributed by atoms with Crippen molar-refractivity contribution in [2.75, 3.05) is 13.1 Å². The molecule has 0 atom stereocenters. The minimum atomic E-state index is -3.45. The molecule has 2 aliphatic carbocycles. The van der Waals surface area contributed by atoms with Crippen molar-refractivity contribution in [3.8, 4) is 0 Å². The molecule has 0 radical (unpaired) electrons. The summed E-state index contributed by atoms with van der Waals surface area (Å²) in [5.41, 5.74) is 2.49. The largest absolute Gasteiger partial charge is 0.368 e. The molecule has 0 amide bonds. The smallest absolute Gasteiger partial charge is 0.252 e. The van der Waals surface area contributed by atoms with Gasteiger partial charge in [0.15, 0.2) is 5.82 Å². The van der Waals surface area contributed by atoms with Gasteiger partial charge in [-0.15, -0.1) is 0 Å². The normalized spacial score (nSPS) is 21.2. The number of rotatable bonds is 6. The van der Waals surface area contributed by atoms with E-state index in [4.69, 9.17) is 9.26 Å². The van der Waals surface area contributed by atoms with Crippen LogP contribution in [0.15, 0.2) is 27.6 Å². The highest BCUT2D eigenvalue weighted by Crippen LogP contribution is 2.38. The van der Waals surface area contributed by atoms with Crippen LogP contribution in [0.4, 0.5) is 0 Å². The fraction of sp³-hybridized carbons (Fsp3) is 0.619. The van der Waals surface area contributed by atoms with Crippen molar-refractivity contribution in [1.82, 2.24) is 14.4 Å². The Labute approximate surface area is 171 Å². The van der Waals surface area contributed by atoms with Crippen molar-refractivity contribution in [3.05, 3.63) is 41.0 Å². The minimum absolute atomic E-state index is 0.0151. The van der Waals surface area contributed by atoms with Crippen LogP contribution >= 0.6 is 0 Å². The van der Waals surface area contributed by atoms with Crippen molar-refractivity contribution in [3.63, 3.8) is 0 Å². The number of hydrogen-bond donors (Lipinski definition) is 0. The van der Waals surface area contributed by atoms with Crippen LogP contribution in [-0.2, 0) is 34.2 Å². The lowest BCUT2D eigenvalue weighted by Gasteiger charge is -2.31. The Morgan fingerprint density at radius 1 is 1.07 bits per heavy atom. The summed E-state index contributed by atoms with van der Waals surface area (Å²) in [4.78, 5) is 4.80. The van der Waals surface area contributed by atoms with Crippen molar-refractivity contribution < 1.29 is 17.7 Å². The van der Waals surface area contributed by atoms with Gasteiger partial charge in [-0.2, -0.15) is 9.29 Å². The summed E-state index contributed by atoms with van der Waals surface area (Å²) in [7, 11) is -3.45. The van der Waals surface area contributed by atoms with Gasteiger partial charge in [-0.05, 0) is 74.6 Å². The first-order valence-electron chi connectivity index (χ1n) is 10.7. The maximum atomic E-state index is 13.1. The number of hydrogen-bond acceptors (Lipinski definition) is 6. The lowest BCUT2D eigenvalue weighted by molar-refractivity contribution is -0.00119. The summed E-state index contributed by atoms with van der Waals surface area (Å²) < 4.78 is 38.9. The van der Waals surface area contributed by atoms with Crippen LogP contribution in [0.2, 0.25) is 0 Å². The Morgan fingerprint density at radius 2 is 1.83 bits per heavy atom. The average molecular weight is 418 g/mol. The Balaban J connectivity index is 1.17. The molecule has 1 aromatic carbocycles. The number of fused-ring (bicyclic) bond motifs is 1. The van der Waals surface area contributed by atoms with E-state index in [9.17, 15) is 8.42 Å². The predicted octanol–water partition coefficient (Wildman–Crippen LogP) is 3.20. The molecular formula is C21H27N3O4S. The summed E-state index contributed by atoms with van der Waals surface area (Å²) in [5.74, 6) is 1.76. The van der Waals surface area contributed by atoms with E-state index in [1.54, 1.807) is 10.4 Å². The first-order valence-corrected chi connectivity index (χ1v) is 12.1. The second-order valence-corrected chi connectivity index (χ2v) is 10.3. The molecule has 2 aromatic rings. The first kappa shape index (κ1) is 19.2. The van der Waals surface area contributed by atoms with Crippen molar-refractivity contribution in [2.24, 2.45) is 0 Å². The highest BCUT2D eigenvalue weighted by molar-refractivity contribution is 7.89. The Kier molecular flexibility index (Phi) is 5.17. The summed E-state index contributed by atoms with van der Waals surface area (Å²) in [5, 5.41) is 4.00. The summed E-state index contributed by atoms with van der Waals surface area (Å²) in [6.45, 7) is 1.24. The second-order valence-electron chi connectivity index (χ2n) is 8.37. The van der Waals surface area contributed by atoms with Crippen LogP contribution in [0, 0.1) is 0 Å². The monoisotopic (exact) mass is 417 g/mol. The highest BCUT2D eigenvalue weighted by atomic mass is 32.2. The first-order chi connectivity index (χ1) is 14.1. The Bertz CT molecular complexity index is 976. The fourth-order valence-electron chi connectivity index (χ4n) is 4.28. The molecule has 8 heteroatoms. The van der Waals surface area contributed by atoms with E-state index in [2.05, 4.69) is 10.1 Å². The lowest BCUT2D eigenvalue weighted by atomic mass is 9.92. The van der Waals surface area contributed by atoms with E-state index in [1.807, 2.05) is 12.1 Å². The van der Waals surface area contributed by atoms with Gasteiger partial charge in [-0.1, -0.05) is 11.2 Å². The summed E-state index contributed by atoms with van der Waals surface area (Å²) in [6, 6.07) is 5.66. The van der Waals surface area contributed by atoms with E-state index in [0.29, 0.717) is 49.2 Å². The number of aryl methyl sites for hydroxylation is 2. The molecule has 5 rings (SSSR count). The molecule has 2 fully saturated rings. The maximum absolute atomic E-state index is 13.1. The van der Waals surface area contributed by atoms with Crippen molar-refractivity contribution in [1.29, 1.82) is 0 Å². The van der Waals surface area contributed by atoms with Crippen LogP contribution in [0.1, 0.15) is 67.3 Å². The fourth-order valence-corrected chi connectivity index (χ4v) is 5.80. The molecular weight excluding hydrogens is 390 g/mol. The molecule has 1 saturated carbocycles. The third-order valence-corrected chi connectivity index (χ3v) is 8.12. The SMILES string of the molecule is O=S(=O)(c1ccc2c(c1)CCCC2)N1CCC(OCc2nc(C3CC3)no2)CC1. The van der Waals surface area contributed by atoms with E-state index < -0.39 is 10.0 Å². The second kappa shape index (κ2) is 7.81. The zero-order chi connectivity index (χ0) is 19.8. The molecule has 0 spiro atoms. The highest BCUT2D eigenvalue weighted by Gasteiger charge is 2.31. The summed E-state index contributed by atoms with van der Waals surface area (Å²) >= 11 is 0. The standard InChI is InChI=1S/C21H27N3O4S/c25-29(26,19-8-7-15-3-1-2-4-17(15)13-19)24-11-9-18(10-12-24)27-14-20-22-21(23-28-20)16-5-6-16/h7-8,13,16,18H,1-6,9-12,14H2. The van der Waals surface area contributed by atoms with Crippen LogP contribution in [0.25, 0.3) is 0 Å². The average Bonchev–Trinajstić information content (AvgIpc) is 3.50. The number of piperidine rings is 1. The molecule has 2 heterocycles. The zero-order valence-electron chi connectivity index (χ0n) is 16.5. The number of aromatic nitrogens is 2. The molecule has 0 unspecified atom stereocenters. The topological polar surface area (TPSA) is 85.5 Å². The lowest BCUT2D eigenvalue weighted by Crippen LogP contribution is -2.40. The van der Waals surface area contributed by atoms with Gasteiger partial charge in [0.25, 0.3) is 5.89 Å². The van der Waals surface area contributed by atoms with Gasteiger partial charge >= 0.3 is 0 Å². The van der Waals surface area contributed by atoms with Gasteiger partial charge < -0.3 is 9.26 Å². The Hall–Kier alpha value is -1.77. The molecule has 1 saturated heterocycles. The molecule has 1 aromatic heterocycles. The van der Waals surface area contributed by atoms with Crippen LogP contribution in [-0.4, -0.2) is 42.1 Å². The number of benzene rings is 1. The van der Waals surface area contributed by atoms with Gasteiger partial charge in [0.1, 0.15) is 6.61 Å². The number of ether oxygens (including phenoxy) is 1. The molecule has 3 aliphatic rings. The van der Waals surface area contributed by atoms with Crippen molar-refractivity contribution in [2.45, 2.75) is 74.9 Å². The number of sulfonamides is 1. The quantitative estimate of drug-likeness (QED) is 0.718. The molecule has 156 valence electrons. The van der Waals surface area contributed by atoms with Gasteiger partial charge in [-0.3, -0.25) is 0 Å². The minimum Gasteiger partial charge on any atom is -0.368 e. The molecule has 29 heavy (non-hydrogen) atoms. The van der Waals surface area contributed by atoms with Crippen LogP contribution in [0.3, 0.4) is 0 Å². The zero-order valence-corrected chi connectivity index (χ0v) is 17.4. The van der Waals surface area contributed by atoms with E-state index >= 15 is 0 Å². The molecule has 7 nitrogen and oxygen atoms in total. The predicted molar refractivity (Wildman–Crippen MR) is 106 cm³/mol. The summed E-state index contributed by atoms with van der Waals surface area (Å²) in [6.07, 6.45) is 8.00. The molecule has 1 aliphatic heterocycles. The van der Waals surface area contributed by atoms with Gasteiger partial charge in [0.2, 0.25) is 10.0 Å².